The van der Waals surface area contributed by atoms with Gasteiger partial charge in [0.1, 0.15) is 0 Å². The third-order valence-electron chi connectivity index (χ3n) is 4.98. The molecule has 0 aromatic carbocycles. The van der Waals surface area contributed by atoms with E-state index in [1.807, 2.05) is 0 Å². The summed E-state index contributed by atoms with van der Waals surface area (Å²) < 4.78 is 35.2. The SMILES string of the molecule is CC(C)CCCCCC(CCCCCC(C)C)(CC(=O)O)C(=O)OS(=O)(=O)O. The van der Waals surface area contributed by atoms with E-state index in [1.54, 1.807) is 0 Å². The molecule has 0 aliphatic carbocycles. The van der Waals surface area contributed by atoms with Crippen LogP contribution >= 0.6 is 0 Å². The molecule has 0 unspecified atom stereocenters. The van der Waals surface area contributed by atoms with Crippen LogP contribution in [0.15, 0.2) is 0 Å². The van der Waals surface area contributed by atoms with Crippen molar-refractivity contribution in [3.8, 4) is 0 Å². The van der Waals surface area contributed by atoms with Crippen LogP contribution in [0.5, 0.6) is 0 Å². The minimum atomic E-state index is -4.98. The molecular formula is C20H38O7S. The molecule has 28 heavy (non-hydrogen) atoms. The van der Waals surface area contributed by atoms with Crippen molar-refractivity contribution in [2.24, 2.45) is 17.3 Å². The Kier molecular flexibility index (Phi) is 12.6. The quantitative estimate of drug-likeness (QED) is 0.265. The van der Waals surface area contributed by atoms with Crippen molar-refractivity contribution >= 4 is 22.3 Å². The van der Waals surface area contributed by atoms with Crippen molar-refractivity contribution in [1.82, 2.24) is 0 Å². The molecule has 0 aliphatic heterocycles. The largest absolute Gasteiger partial charge is 0.481 e. The van der Waals surface area contributed by atoms with Crippen LogP contribution in [-0.2, 0) is 24.2 Å². The van der Waals surface area contributed by atoms with Crippen molar-refractivity contribution in [3.63, 3.8) is 0 Å². The zero-order chi connectivity index (χ0) is 21.8. The third kappa shape index (κ3) is 13.1. The average molecular weight is 423 g/mol. The Morgan fingerprint density at radius 3 is 1.61 bits per heavy atom. The van der Waals surface area contributed by atoms with Crippen molar-refractivity contribution in [1.29, 1.82) is 0 Å². The van der Waals surface area contributed by atoms with Crippen LogP contribution in [0.3, 0.4) is 0 Å². The van der Waals surface area contributed by atoms with Crippen LogP contribution in [0.1, 0.15) is 98.3 Å². The lowest BCUT2D eigenvalue weighted by Crippen LogP contribution is -2.37. The summed E-state index contributed by atoms with van der Waals surface area (Å²) in [6.07, 6.45) is 6.82. The third-order valence-corrected chi connectivity index (χ3v) is 5.34. The Hall–Kier alpha value is -1.15. The highest BCUT2D eigenvalue weighted by atomic mass is 32.3. The minimum Gasteiger partial charge on any atom is -0.481 e. The standard InChI is InChI=1S/C20H38O7S/c1-16(2)11-7-5-9-13-20(15-18(21)22,19(23)27-28(24,25)26)14-10-6-8-12-17(3)4/h16-17H,5-15H2,1-4H3,(H,21,22)(H,24,25,26). The second-order valence-corrected chi connectivity index (χ2v) is 9.66. The number of carbonyl (C=O) groups is 2. The first-order valence-corrected chi connectivity index (χ1v) is 11.7. The second kappa shape index (κ2) is 13.1. The maximum absolute atomic E-state index is 12.5. The van der Waals surface area contributed by atoms with Crippen molar-refractivity contribution in [2.75, 3.05) is 0 Å². The highest BCUT2D eigenvalue weighted by Crippen LogP contribution is 2.37. The van der Waals surface area contributed by atoms with Crippen LogP contribution in [-0.4, -0.2) is 30.0 Å². The molecule has 0 rings (SSSR count). The monoisotopic (exact) mass is 422 g/mol. The van der Waals surface area contributed by atoms with Crippen molar-refractivity contribution in [3.05, 3.63) is 0 Å². The summed E-state index contributed by atoms with van der Waals surface area (Å²) in [4.78, 5) is 24.0. The first-order chi connectivity index (χ1) is 12.9. The Morgan fingerprint density at radius 1 is 0.857 bits per heavy atom. The predicted molar refractivity (Wildman–Crippen MR) is 108 cm³/mol. The molecular weight excluding hydrogens is 384 g/mol. The minimum absolute atomic E-state index is 0.232. The molecule has 0 radical (unpaired) electrons. The van der Waals surface area contributed by atoms with E-state index in [9.17, 15) is 23.1 Å². The van der Waals surface area contributed by atoms with E-state index in [2.05, 4.69) is 31.9 Å². The van der Waals surface area contributed by atoms with Gasteiger partial charge in [0.05, 0.1) is 11.8 Å². The fraction of sp³-hybridized carbons (Fsp3) is 0.900. The normalized spacial score (nSPS) is 12.5. The number of hydrogen-bond acceptors (Lipinski definition) is 5. The molecule has 8 heteroatoms. The van der Waals surface area contributed by atoms with Gasteiger partial charge in [-0.25, -0.2) is 0 Å². The number of carbonyl (C=O) groups excluding carboxylic acids is 1. The number of carboxylic acid groups (broad SMARTS) is 1. The Morgan fingerprint density at radius 2 is 1.29 bits per heavy atom. The fourth-order valence-electron chi connectivity index (χ4n) is 3.44. The Bertz CT molecular complexity index is 549. The van der Waals surface area contributed by atoms with Gasteiger partial charge in [-0.15, -0.1) is 0 Å². The van der Waals surface area contributed by atoms with Crippen LogP contribution < -0.4 is 0 Å². The molecule has 0 saturated carbocycles. The van der Waals surface area contributed by atoms with Crippen LogP contribution in [0.2, 0.25) is 0 Å². The van der Waals surface area contributed by atoms with Gasteiger partial charge in [-0.3, -0.25) is 14.1 Å². The van der Waals surface area contributed by atoms with Gasteiger partial charge < -0.3 is 9.29 Å². The summed E-state index contributed by atoms with van der Waals surface area (Å²) in [5.41, 5.74) is -1.43. The van der Waals surface area contributed by atoms with E-state index in [1.165, 1.54) is 0 Å². The molecule has 0 aromatic heterocycles. The molecule has 0 saturated heterocycles. The van der Waals surface area contributed by atoms with E-state index in [0.29, 0.717) is 24.7 Å². The van der Waals surface area contributed by atoms with E-state index in [-0.39, 0.29) is 12.8 Å². The van der Waals surface area contributed by atoms with Gasteiger partial charge in [-0.05, 0) is 24.7 Å². The van der Waals surface area contributed by atoms with Crippen molar-refractivity contribution in [2.45, 2.75) is 98.3 Å². The van der Waals surface area contributed by atoms with Gasteiger partial charge in [-0.1, -0.05) is 79.1 Å². The van der Waals surface area contributed by atoms with Crippen molar-refractivity contribution < 1.29 is 31.8 Å². The predicted octanol–water partition coefficient (Wildman–Crippen LogP) is 5.01. The van der Waals surface area contributed by atoms with Gasteiger partial charge in [0.2, 0.25) is 0 Å². The Labute approximate surface area is 170 Å². The highest BCUT2D eigenvalue weighted by molar-refractivity contribution is 7.81. The van der Waals surface area contributed by atoms with Crippen LogP contribution in [0.4, 0.5) is 0 Å². The number of hydrogen-bond donors (Lipinski definition) is 2. The van der Waals surface area contributed by atoms with Gasteiger partial charge >= 0.3 is 22.3 Å². The van der Waals surface area contributed by atoms with E-state index in [0.717, 1.165) is 38.5 Å². The molecule has 0 heterocycles. The zero-order valence-electron chi connectivity index (χ0n) is 17.8. The van der Waals surface area contributed by atoms with E-state index in [4.69, 9.17) is 4.55 Å². The number of unbranched alkanes of at least 4 members (excludes halogenated alkanes) is 4. The molecule has 166 valence electrons. The molecule has 0 amide bonds. The molecule has 0 spiro atoms. The van der Waals surface area contributed by atoms with Gasteiger partial charge in [-0.2, -0.15) is 8.42 Å². The van der Waals surface area contributed by atoms with Crippen LogP contribution in [0, 0.1) is 17.3 Å². The lowest BCUT2D eigenvalue weighted by Gasteiger charge is -2.29. The topological polar surface area (TPSA) is 118 Å². The molecule has 2 N–H and O–H groups in total. The molecule has 0 aliphatic rings. The van der Waals surface area contributed by atoms with E-state index < -0.39 is 34.2 Å². The number of carboxylic acids is 1. The average Bonchev–Trinajstić information content (AvgIpc) is 2.50. The first kappa shape index (κ1) is 26.9. The molecule has 0 aromatic rings. The molecule has 0 bridgehead atoms. The van der Waals surface area contributed by atoms with Gasteiger partial charge in [0.25, 0.3) is 0 Å². The first-order valence-electron chi connectivity index (χ1n) is 10.3. The molecule has 0 atom stereocenters. The molecule has 0 fully saturated rings. The van der Waals surface area contributed by atoms with Gasteiger partial charge in [0.15, 0.2) is 0 Å². The number of rotatable bonds is 16. The number of aliphatic carboxylic acids is 1. The maximum Gasteiger partial charge on any atom is 0.448 e. The lowest BCUT2D eigenvalue weighted by molar-refractivity contribution is -0.155. The maximum atomic E-state index is 12.5. The smallest absolute Gasteiger partial charge is 0.448 e. The summed E-state index contributed by atoms with van der Waals surface area (Å²) >= 11 is 0. The summed E-state index contributed by atoms with van der Waals surface area (Å²) in [5.74, 6) is -1.22. The van der Waals surface area contributed by atoms with Gasteiger partial charge in [0, 0.05) is 0 Å². The summed E-state index contributed by atoms with van der Waals surface area (Å²) in [6, 6.07) is 0. The molecule has 7 nitrogen and oxygen atoms in total. The highest BCUT2D eigenvalue weighted by Gasteiger charge is 2.43. The fourth-order valence-corrected chi connectivity index (χ4v) is 3.81. The lowest BCUT2D eigenvalue weighted by atomic mass is 9.75. The summed E-state index contributed by atoms with van der Waals surface area (Å²) in [6.45, 7) is 8.48. The van der Waals surface area contributed by atoms with E-state index >= 15 is 0 Å². The summed E-state index contributed by atoms with van der Waals surface area (Å²) in [7, 11) is -4.98. The summed E-state index contributed by atoms with van der Waals surface area (Å²) in [5, 5.41) is 9.33. The second-order valence-electron chi connectivity index (χ2n) is 8.64. The Balaban J connectivity index is 5.15. The van der Waals surface area contributed by atoms with Crippen LogP contribution in [0.25, 0.3) is 0 Å². The zero-order valence-corrected chi connectivity index (χ0v) is 18.6.